The molecule has 0 saturated carbocycles. The van der Waals surface area contributed by atoms with E-state index >= 15 is 0 Å². The van der Waals surface area contributed by atoms with Crippen molar-refractivity contribution in [2.75, 3.05) is 5.75 Å². The largest absolute Gasteiger partial charge is 0.330 e. The second-order valence-electron chi connectivity index (χ2n) is 5.37. The first-order valence-corrected chi connectivity index (χ1v) is 9.00. The third-order valence-corrected chi connectivity index (χ3v) is 5.10. The molecule has 3 aromatic rings. The summed E-state index contributed by atoms with van der Waals surface area (Å²) in [5.74, 6) is -0.00203. The number of imidazole rings is 1. The van der Waals surface area contributed by atoms with Gasteiger partial charge in [0.2, 0.25) is 10.0 Å². The first kappa shape index (κ1) is 15.6. The van der Waals surface area contributed by atoms with Crippen LogP contribution in [0.15, 0.2) is 55.1 Å². The molecule has 0 aliphatic heterocycles. The topological polar surface area (TPSA) is 76.9 Å². The monoisotopic (exact) mass is 330 g/mol. The van der Waals surface area contributed by atoms with Crippen molar-refractivity contribution in [3.8, 4) is 0 Å². The van der Waals surface area contributed by atoms with Gasteiger partial charge in [0.25, 0.3) is 0 Å². The van der Waals surface area contributed by atoms with E-state index in [9.17, 15) is 8.42 Å². The number of hydrogen-bond donors (Lipinski definition) is 1. The molecule has 0 aliphatic carbocycles. The Balaban J connectivity index is 1.67. The number of nitrogens with one attached hydrogen (secondary N) is 1. The maximum absolute atomic E-state index is 12.3. The Morgan fingerprint density at radius 3 is 2.83 bits per heavy atom. The Morgan fingerprint density at radius 1 is 1.22 bits per heavy atom. The van der Waals surface area contributed by atoms with E-state index in [1.807, 2.05) is 34.9 Å². The first-order valence-electron chi connectivity index (χ1n) is 7.35. The quantitative estimate of drug-likeness (QED) is 0.751. The van der Waals surface area contributed by atoms with Gasteiger partial charge in [-0.25, -0.2) is 18.1 Å². The molecule has 0 saturated heterocycles. The summed E-state index contributed by atoms with van der Waals surface area (Å²) in [7, 11) is -3.40. The van der Waals surface area contributed by atoms with Crippen LogP contribution >= 0.6 is 0 Å². The number of aryl methyl sites for hydroxylation is 1. The zero-order valence-electron chi connectivity index (χ0n) is 12.8. The predicted octanol–water partition coefficient (Wildman–Crippen LogP) is 2.11. The Morgan fingerprint density at radius 2 is 2.04 bits per heavy atom. The van der Waals surface area contributed by atoms with Gasteiger partial charge in [-0.15, -0.1) is 0 Å². The lowest BCUT2D eigenvalue weighted by Crippen LogP contribution is -2.30. The molecule has 1 aromatic carbocycles. The van der Waals surface area contributed by atoms with Crippen LogP contribution in [0.1, 0.15) is 18.5 Å². The van der Waals surface area contributed by atoms with Crippen molar-refractivity contribution in [3.63, 3.8) is 0 Å². The summed E-state index contributed by atoms with van der Waals surface area (Å²) in [4.78, 5) is 8.28. The van der Waals surface area contributed by atoms with Crippen LogP contribution in [-0.4, -0.2) is 28.7 Å². The average Bonchev–Trinajstić information content (AvgIpc) is 2.97. The summed E-state index contributed by atoms with van der Waals surface area (Å²) in [5.41, 5.74) is 2.63. The highest BCUT2D eigenvalue weighted by Crippen LogP contribution is 2.13. The SMILES string of the molecule is CC(NS(=O)(=O)CCn1cnc2ccccc21)c1cccnc1. The average molecular weight is 330 g/mol. The molecule has 2 heterocycles. The van der Waals surface area contributed by atoms with E-state index in [1.54, 1.807) is 31.7 Å². The van der Waals surface area contributed by atoms with Gasteiger partial charge in [0.05, 0.1) is 23.1 Å². The van der Waals surface area contributed by atoms with Crippen molar-refractivity contribution in [1.29, 1.82) is 0 Å². The molecule has 2 aromatic heterocycles. The van der Waals surface area contributed by atoms with E-state index in [-0.39, 0.29) is 11.8 Å². The van der Waals surface area contributed by atoms with Crippen LogP contribution in [0.4, 0.5) is 0 Å². The lowest BCUT2D eigenvalue weighted by atomic mass is 10.2. The van der Waals surface area contributed by atoms with Crippen molar-refractivity contribution in [2.45, 2.75) is 19.5 Å². The van der Waals surface area contributed by atoms with E-state index in [4.69, 9.17) is 0 Å². The molecule has 0 aliphatic rings. The fourth-order valence-corrected chi connectivity index (χ4v) is 3.67. The Labute approximate surface area is 135 Å². The molecule has 120 valence electrons. The molecule has 0 bridgehead atoms. The zero-order valence-corrected chi connectivity index (χ0v) is 13.6. The van der Waals surface area contributed by atoms with Gasteiger partial charge in [-0.2, -0.15) is 0 Å². The molecule has 1 N–H and O–H groups in total. The van der Waals surface area contributed by atoms with Crippen molar-refractivity contribution in [3.05, 3.63) is 60.7 Å². The van der Waals surface area contributed by atoms with Gasteiger partial charge in [-0.1, -0.05) is 18.2 Å². The molecule has 7 heteroatoms. The van der Waals surface area contributed by atoms with Crippen molar-refractivity contribution in [1.82, 2.24) is 19.3 Å². The molecule has 1 atom stereocenters. The molecule has 23 heavy (non-hydrogen) atoms. The maximum Gasteiger partial charge on any atom is 0.213 e. The molecule has 0 spiro atoms. The highest BCUT2D eigenvalue weighted by atomic mass is 32.2. The standard InChI is InChI=1S/C16H18N4O2S/c1-13(14-5-4-8-17-11-14)19-23(21,22)10-9-20-12-18-15-6-2-3-7-16(15)20/h2-8,11-13,19H,9-10H2,1H3. The van der Waals surface area contributed by atoms with Gasteiger partial charge in [0.15, 0.2) is 0 Å². The number of hydrogen-bond acceptors (Lipinski definition) is 4. The van der Waals surface area contributed by atoms with Crippen LogP contribution in [0.5, 0.6) is 0 Å². The first-order chi connectivity index (χ1) is 11.1. The number of rotatable bonds is 6. The van der Waals surface area contributed by atoms with Crippen molar-refractivity contribution in [2.24, 2.45) is 0 Å². The Kier molecular flexibility index (Phi) is 4.40. The molecule has 1 unspecified atom stereocenters. The Bertz CT molecular complexity index is 891. The smallest absolute Gasteiger partial charge is 0.213 e. The van der Waals surface area contributed by atoms with Gasteiger partial charge in [-0.05, 0) is 30.7 Å². The molecular formula is C16H18N4O2S. The van der Waals surface area contributed by atoms with Crippen molar-refractivity contribution < 1.29 is 8.42 Å². The summed E-state index contributed by atoms with van der Waals surface area (Å²) >= 11 is 0. The van der Waals surface area contributed by atoms with E-state index < -0.39 is 10.0 Å². The van der Waals surface area contributed by atoms with E-state index in [1.165, 1.54) is 0 Å². The van der Waals surface area contributed by atoms with E-state index in [0.717, 1.165) is 16.6 Å². The van der Waals surface area contributed by atoms with Crippen LogP contribution in [0.25, 0.3) is 11.0 Å². The third kappa shape index (κ3) is 3.75. The van der Waals surface area contributed by atoms with E-state index in [2.05, 4.69) is 14.7 Å². The molecule has 0 amide bonds. The van der Waals surface area contributed by atoms with Gasteiger partial charge < -0.3 is 4.57 Å². The molecule has 3 rings (SSSR count). The van der Waals surface area contributed by atoms with Gasteiger partial charge in [0, 0.05) is 25.0 Å². The molecule has 0 radical (unpaired) electrons. The van der Waals surface area contributed by atoms with Crippen LogP contribution < -0.4 is 4.72 Å². The molecule has 6 nitrogen and oxygen atoms in total. The number of aromatic nitrogens is 3. The van der Waals surface area contributed by atoms with Crippen LogP contribution in [-0.2, 0) is 16.6 Å². The van der Waals surface area contributed by atoms with Crippen LogP contribution in [0.3, 0.4) is 0 Å². The number of sulfonamides is 1. The summed E-state index contributed by atoms with van der Waals surface area (Å²) in [6, 6.07) is 11.0. The minimum atomic E-state index is -3.40. The van der Waals surface area contributed by atoms with Crippen LogP contribution in [0.2, 0.25) is 0 Å². The molecular weight excluding hydrogens is 312 g/mol. The number of para-hydroxylation sites is 2. The lowest BCUT2D eigenvalue weighted by molar-refractivity contribution is 0.561. The normalized spacial score (nSPS) is 13.3. The maximum atomic E-state index is 12.3. The molecule has 0 fully saturated rings. The number of pyridine rings is 1. The number of benzene rings is 1. The highest BCUT2D eigenvalue weighted by molar-refractivity contribution is 7.89. The van der Waals surface area contributed by atoms with E-state index in [0.29, 0.717) is 6.54 Å². The second-order valence-corrected chi connectivity index (χ2v) is 7.24. The fraction of sp³-hybridized carbons (Fsp3) is 0.250. The zero-order chi connectivity index (χ0) is 16.3. The third-order valence-electron chi connectivity index (χ3n) is 3.67. The van der Waals surface area contributed by atoms with Gasteiger partial charge in [-0.3, -0.25) is 4.98 Å². The highest BCUT2D eigenvalue weighted by Gasteiger charge is 2.16. The summed E-state index contributed by atoms with van der Waals surface area (Å²) in [6.07, 6.45) is 5.00. The van der Waals surface area contributed by atoms with Gasteiger partial charge >= 0.3 is 0 Å². The number of fused-ring (bicyclic) bond motifs is 1. The van der Waals surface area contributed by atoms with Crippen LogP contribution in [0, 0.1) is 0 Å². The fourth-order valence-electron chi connectivity index (χ4n) is 2.44. The number of nitrogens with zero attached hydrogens (tertiary/aromatic N) is 3. The summed E-state index contributed by atoms with van der Waals surface area (Å²) < 4.78 is 29.1. The summed E-state index contributed by atoms with van der Waals surface area (Å²) in [6.45, 7) is 2.16. The van der Waals surface area contributed by atoms with Gasteiger partial charge in [0.1, 0.15) is 0 Å². The lowest BCUT2D eigenvalue weighted by Gasteiger charge is -2.14. The Hall–Kier alpha value is -2.25. The summed E-state index contributed by atoms with van der Waals surface area (Å²) in [5, 5.41) is 0. The minimum Gasteiger partial charge on any atom is -0.330 e. The second kappa shape index (κ2) is 6.47. The minimum absolute atomic E-state index is 0.00203. The predicted molar refractivity (Wildman–Crippen MR) is 89.3 cm³/mol. The van der Waals surface area contributed by atoms with Crippen molar-refractivity contribution >= 4 is 21.1 Å².